The fourth-order valence-corrected chi connectivity index (χ4v) is 0.749. The van der Waals surface area contributed by atoms with Gasteiger partial charge in [0.05, 0.1) is 19.9 Å². The van der Waals surface area contributed by atoms with Crippen LogP contribution in [0.1, 0.15) is 13.3 Å². The molecule has 6 nitrogen and oxygen atoms in total. The molecular weight excluding hydrogens is 182 g/mol. The molecule has 0 saturated heterocycles. The van der Waals surface area contributed by atoms with E-state index in [-0.39, 0.29) is 11.9 Å². The van der Waals surface area contributed by atoms with Crippen molar-refractivity contribution in [2.45, 2.75) is 13.3 Å². The average Bonchev–Trinajstić information content (AvgIpc) is 2.11. The molecule has 6 N–H and O–H groups in total. The number of aliphatic imine (C=N–C) groups is 2. The minimum atomic E-state index is -0.0972. The number of ether oxygens (including phenoxy) is 1. The van der Waals surface area contributed by atoms with Crippen molar-refractivity contribution in [3.05, 3.63) is 11.8 Å². The highest BCUT2D eigenvalue weighted by Crippen LogP contribution is 2.00. The van der Waals surface area contributed by atoms with Crippen LogP contribution in [-0.4, -0.2) is 25.6 Å². The summed E-state index contributed by atoms with van der Waals surface area (Å²) < 4.78 is 4.85. The molecule has 0 unspecified atom stereocenters. The Balaban J connectivity index is 4.26. The standard InChI is InChI=1S/C8H17N5O/c1-3-6(5-14-2)4-12-8(11)13-7(9)10/h5H,3-4H2,1-2H3,(H6,9,10,11,12,13)/b6-5+. The summed E-state index contributed by atoms with van der Waals surface area (Å²) in [7, 11) is 1.58. The Hall–Kier alpha value is -1.72. The molecule has 0 radical (unpaired) electrons. The average molecular weight is 199 g/mol. The van der Waals surface area contributed by atoms with E-state index in [0.29, 0.717) is 6.54 Å². The Kier molecular flexibility index (Phi) is 5.93. The van der Waals surface area contributed by atoms with Crippen LogP contribution < -0.4 is 17.2 Å². The molecule has 0 saturated carbocycles. The maximum Gasteiger partial charge on any atom is 0.218 e. The van der Waals surface area contributed by atoms with Gasteiger partial charge in [0.2, 0.25) is 5.96 Å². The van der Waals surface area contributed by atoms with Gasteiger partial charge in [-0.05, 0) is 12.0 Å². The van der Waals surface area contributed by atoms with Gasteiger partial charge in [-0.2, -0.15) is 4.99 Å². The third-order valence-corrected chi connectivity index (χ3v) is 1.43. The summed E-state index contributed by atoms with van der Waals surface area (Å²) >= 11 is 0. The van der Waals surface area contributed by atoms with Crippen molar-refractivity contribution in [1.82, 2.24) is 0 Å². The van der Waals surface area contributed by atoms with E-state index in [9.17, 15) is 0 Å². The molecule has 6 heteroatoms. The van der Waals surface area contributed by atoms with E-state index in [2.05, 4.69) is 9.98 Å². The van der Waals surface area contributed by atoms with Crippen LogP contribution in [0.5, 0.6) is 0 Å². The van der Waals surface area contributed by atoms with Gasteiger partial charge in [0.1, 0.15) is 0 Å². The van der Waals surface area contributed by atoms with Crippen molar-refractivity contribution in [2.24, 2.45) is 27.2 Å². The normalized spacial score (nSPS) is 12.4. The number of rotatable bonds is 4. The molecule has 0 aromatic rings. The van der Waals surface area contributed by atoms with E-state index in [1.165, 1.54) is 0 Å². The minimum absolute atomic E-state index is 0.0699. The highest BCUT2D eigenvalue weighted by atomic mass is 16.5. The predicted octanol–water partition coefficient (Wildman–Crippen LogP) is -0.485. The third kappa shape index (κ3) is 5.87. The van der Waals surface area contributed by atoms with Crippen LogP contribution >= 0.6 is 0 Å². The van der Waals surface area contributed by atoms with E-state index in [1.807, 2.05) is 6.92 Å². The number of hydrogen-bond acceptors (Lipinski definition) is 2. The molecule has 0 spiro atoms. The highest BCUT2D eigenvalue weighted by Gasteiger charge is 1.94. The number of hydrogen-bond donors (Lipinski definition) is 3. The number of guanidine groups is 2. The highest BCUT2D eigenvalue weighted by molar-refractivity contribution is 5.92. The minimum Gasteiger partial charge on any atom is -0.504 e. The first-order valence-electron chi connectivity index (χ1n) is 4.20. The van der Waals surface area contributed by atoms with Crippen LogP contribution in [0.25, 0.3) is 0 Å². The first-order chi connectivity index (χ1) is 6.60. The van der Waals surface area contributed by atoms with Crippen molar-refractivity contribution in [2.75, 3.05) is 13.7 Å². The topological polar surface area (TPSA) is 112 Å². The van der Waals surface area contributed by atoms with Gasteiger partial charge in [-0.1, -0.05) is 6.92 Å². The lowest BCUT2D eigenvalue weighted by atomic mass is 10.2. The Morgan fingerprint density at radius 1 is 1.36 bits per heavy atom. The van der Waals surface area contributed by atoms with Gasteiger partial charge in [0, 0.05) is 0 Å². The zero-order valence-corrected chi connectivity index (χ0v) is 8.53. The number of nitrogens with two attached hydrogens (primary N) is 3. The van der Waals surface area contributed by atoms with Gasteiger partial charge < -0.3 is 21.9 Å². The first-order valence-corrected chi connectivity index (χ1v) is 4.20. The molecule has 0 aliphatic rings. The molecule has 0 aliphatic carbocycles. The molecular formula is C8H17N5O. The zero-order valence-electron chi connectivity index (χ0n) is 8.53. The van der Waals surface area contributed by atoms with Crippen molar-refractivity contribution in [3.8, 4) is 0 Å². The summed E-state index contributed by atoms with van der Waals surface area (Å²) in [5.74, 6) is -0.0273. The second-order valence-corrected chi connectivity index (χ2v) is 2.58. The van der Waals surface area contributed by atoms with Gasteiger partial charge in [0.15, 0.2) is 5.96 Å². The van der Waals surface area contributed by atoms with E-state index in [1.54, 1.807) is 13.4 Å². The van der Waals surface area contributed by atoms with Crippen LogP contribution in [-0.2, 0) is 4.74 Å². The molecule has 0 rings (SSSR count). The van der Waals surface area contributed by atoms with Crippen molar-refractivity contribution in [1.29, 1.82) is 0 Å². The van der Waals surface area contributed by atoms with Gasteiger partial charge in [-0.25, -0.2) is 4.99 Å². The molecule has 80 valence electrons. The molecule has 0 amide bonds. The fourth-order valence-electron chi connectivity index (χ4n) is 0.749. The van der Waals surface area contributed by atoms with Gasteiger partial charge >= 0.3 is 0 Å². The molecule has 0 aromatic heterocycles. The van der Waals surface area contributed by atoms with Crippen LogP contribution in [0.4, 0.5) is 0 Å². The van der Waals surface area contributed by atoms with Gasteiger partial charge in [0.25, 0.3) is 0 Å². The second kappa shape index (κ2) is 6.76. The lowest BCUT2D eigenvalue weighted by molar-refractivity contribution is 0.332. The Bertz CT molecular complexity index is 252. The first kappa shape index (κ1) is 12.3. The molecule has 0 aliphatic heterocycles. The predicted molar refractivity (Wildman–Crippen MR) is 57.7 cm³/mol. The molecule has 0 bridgehead atoms. The largest absolute Gasteiger partial charge is 0.504 e. The summed E-state index contributed by atoms with van der Waals surface area (Å²) in [6.07, 6.45) is 2.47. The molecule has 0 fully saturated rings. The Labute approximate surface area is 83.5 Å². The van der Waals surface area contributed by atoms with Crippen molar-refractivity contribution in [3.63, 3.8) is 0 Å². The van der Waals surface area contributed by atoms with Gasteiger partial charge in [-0.15, -0.1) is 0 Å². The molecule has 0 heterocycles. The summed E-state index contributed by atoms with van der Waals surface area (Å²) in [5, 5.41) is 0. The molecule has 0 aromatic carbocycles. The maximum atomic E-state index is 5.41. The summed E-state index contributed by atoms with van der Waals surface area (Å²) in [6.45, 7) is 2.43. The number of nitrogens with zero attached hydrogens (tertiary/aromatic N) is 2. The van der Waals surface area contributed by atoms with E-state index in [0.717, 1.165) is 12.0 Å². The Morgan fingerprint density at radius 3 is 2.43 bits per heavy atom. The van der Waals surface area contributed by atoms with Crippen LogP contribution in [0.15, 0.2) is 21.8 Å². The van der Waals surface area contributed by atoms with Crippen LogP contribution in [0.2, 0.25) is 0 Å². The Morgan fingerprint density at radius 2 is 2.00 bits per heavy atom. The zero-order chi connectivity index (χ0) is 11.0. The molecule has 14 heavy (non-hydrogen) atoms. The molecule has 0 atom stereocenters. The summed E-state index contributed by atoms with van der Waals surface area (Å²) in [4.78, 5) is 7.53. The monoisotopic (exact) mass is 199 g/mol. The second-order valence-electron chi connectivity index (χ2n) is 2.58. The summed E-state index contributed by atoms with van der Waals surface area (Å²) in [6, 6.07) is 0. The van der Waals surface area contributed by atoms with Crippen LogP contribution in [0, 0.1) is 0 Å². The van der Waals surface area contributed by atoms with Crippen LogP contribution in [0.3, 0.4) is 0 Å². The quantitative estimate of drug-likeness (QED) is 0.322. The SMILES string of the molecule is CC/C(=C\OC)CN=C(N)N=C(N)N. The number of methoxy groups -OCH3 is 1. The van der Waals surface area contributed by atoms with E-state index < -0.39 is 0 Å². The van der Waals surface area contributed by atoms with Crippen molar-refractivity contribution >= 4 is 11.9 Å². The maximum absolute atomic E-state index is 5.41. The van der Waals surface area contributed by atoms with Gasteiger partial charge in [-0.3, -0.25) is 0 Å². The van der Waals surface area contributed by atoms with E-state index >= 15 is 0 Å². The summed E-state index contributed by atoms with van der Waals surface area (Å²) in [5.41, 5.74) is 16.7. The third-order valence-electron chi connectivity index (χ3n) is 1.43. The van der Waals surface area contributed by atoms with Crippen molar-refractivity contribution < 1.29 is 4.74 Å². The van der Waals surface area contributed by atoms with E-state index in [4.69, 9.17) is 21.9 Å². The lowest BCUT2D eigenvalue weighted by Crippen LogP contribution is -2.26. The lowest BCUT2D eigenvalue weighted by Gasteiger charge is -2.00. The fraction of sp³-hybridized carbons (Fsp3) is 0.500. The smallest absolute Gasteiger partial charge is 0.218 e.